The SMILES string of the molecule is O=c1c2ccccc2c2cc(-c3ccccc3)ccc2n1-c1ccc(-c2ccccc2)cc1.c1ccc(-c2ccc(N3Cc4ccccc4-c4cc(-c5ccccc5)ccc43)cc2)cc1. The highest BCUT2D eigenvalue weighted by atomic mass is 16.1. The van der Waals surface area contributed by atoms with Crippen LogP contribution < -0.4 is 10.5 Å². The van der Waals surface area contributed by atoms with Crippen molar-refractivity contribution in [3.8, 4) is 61.3 Å². The molecule has 0 atom stereocenters. The molecule has 0 aliphatic carbocycles. The van der Waals surface area contributed by atoms with Gasteiger partial charge in [0.2, 0.25) is 0 Å². The van der Waals surface area contributed by atoms with E-state index in [2.05, 4.69) is 187 Å². The van der Waals surface area contributed by atoms with Gasteiger partial charge in [-0.05, 0) is 116 Å². The van der Waals surface area contributed by atoms with Crippen molar-refractivity contribution in [3.63, 3.8) is 0 Å². The first kappa shape index (κ1) is 39.3. The molecule has 0 saturated carbocycles. The highest BCUT2D eigenvalue weighted by Crippen LogP contribution is 2.44. The van der Waals surface area contributed by atoms with Gasteiger partial charge in [0.25, 0.3) is 5.56 Å². The van der Waals surface area contributed by atoms with E-state index in [-0.39, 0.29) is 5.56 Å². The Kier molecular flexibility index (Phi) is 10.5. The van der Waals surface area contributed by atoms with E-state index >= 15 is 0 Å². The van der Waals surface area contributed by atoms with Crippen molar-refractivity contribution in [3.05, 3.63) is 271 Å². The van der Waals surface area contributed by atoms with Gasteiger partial charge in [-0.25, -0.2) is 0 Å². The number of hydrogen-bond acceptors (Lipinski definition) is 2. The number of aromatic nitrogens is 1. The van der Waals surface area contributed by atoms with E-state index in [0.29, 0.717) is 0 Å². The van der Waals surface area contributed by atoms with E-state index in [1.54, 1.807) is 0 Å². The molecule has 3 heteroatoms. The largest absolute Gasteiger partial charge is 0.336 e. The van der Waals surface area contributed by atoms with Crippen LogP contribution in [0.1, 0.15) is 5.56 Å². The van der Waals surface area contributed by atoms with E-state index < -0.39 is 0 Å². The lowest BCUT2D eigenvalue weighted by atomic mass is 9.90. The molecule has 12 rings (SSSR count). The second-order valence-electron chi connectivity index (χ2n) is 16.5. The minimum absolute atomic E-state index is 0.00183. The molecule has 65 heavy (non-hydrogen) atoms. The van der Waals surface area contributed by atoms with Crippen LogP contribution >= 0.6 is 0 Å². The predicted molar refractivity (Wildman–Crippen MR) is 273 cm³/mol. The van der Waals surface area contributed by atoms with Gasteiger partial charge in [-0.3, -0.25) is 9.36 Å². The van der Waals surface area contributed by atoms with Gasteiger partial charge in [-0.1, -0.05) is 200 Å². The highest BCUT2D eigenvalue weighted by Gasteiger charge is 2.24. The van der Waals surface area contributed by atoms with Crippen molar-refractivity contribution in [1.29, 1.82) is 0 Å². The topological polar surface area (TPSA) is 25.2 Å². The van der Waals surface area contributed by atoms with Crippen LogP contribution in [0.3, 0.4) is 0 Å². The fourth-order valence-corrected chi connectivity index (χ4v) is 9.25. The Balaban J connectivity index is 0.000000144. The first-order chi connectivity index (χ1) is 32.2. The summed E-state index contributed by atoms with van der Waals surface area (Å²) in [5, 5.41) is 2.77. The third-order valence-corrected chi connectivity index (χ3v) is 12.5. The molecule has 0 bridgehead atoms. The fraction of sp³-hybridized carbons (Fsp3) is 0.0161. The van der Waals surface area contributed by atoms with E-state index in [0.717, 1.165) is 56.2 Å². The number of fused-ring (bicyclic) bond motifs is 6. The standard InChI is InChI=1S/C31H21NO.C31H23N/c33-31-28-14-8-7-13-27(28)29-21-25(23-11-5-2-6-12-23)17-20-30(29)32(31)26-18-15-24(16-19-26)22-9-3-1-4-10-22;1-3-9-23(10-4-1)25-15-18-28(19-16-25)32-22-27-13-7-8-14-29(27)30-21-26(17-20-31(30)32)24-11-5-2-6-12-24/h1-21H;1-21H,22H2. The summed E-state index contributed by atoms with van der Waals surface area (Å²) in [6.07, 6.45) is 0. The van der Waals surface area contributed by atoms with Gasteiger partial charge >= 0.3 is 0 Å². The van der Waals surface area contributed by atoms with Gasteiger partial charge in [-0.2, -0.15) is 0 Å². The summed E-state index contributed by atoms with van der Waals surface area (Å²) in [5.41, 5.74) is 17.8. The Labute approximate surface area is 379 Å². The van der Waals surface area contributed by atoms with Crippen LogP contribution in [0.4, 0.5) is 11.4 Å². The van der Waals surface area contributed by atoms with Crippen molar-refractivity contribution >= 4 is 33.1 Å². The first-order valence-corrected chi connectivity index (χ1v) is 22.2. The van der Waals surface area contributed by atoms with Gasteiger partial charge in [0.1, 0.15) is 0 Å². The van der Waals surface area contributed by atoms with E-state index in [1.807, 2.05) is 77.4 Å². The van der Waals surface area contributed by atoms with Gasteiger partial charge in [-0.15, -0.1) is 0 Å². The van der Waals surface area contributed by atoms with Crippen LogP contribution in [0.15, 0.2) is 260 Å². The lowest BCUT2D eigenvalue weighted by Crippen LogP contribution is -2.21. The van der Waals surface area contributed by atoms with E-state index in [1.165, 1.54) is 50.3 Å². The fourth-order valence-electron chi connectivity index (χ4n) is 9.25. The van der Waals surface area contributed by atoms with Gasteiger partial charge in [0.05, 0.1) is 5.52 Å². The average molecular weight is 833 g/mol. The molecular formula is C62H44N2O. The third kappa shape index (κ3) is 7.70. The van der Waals surface area contributed by atoms with Crippen LogP contribution in [0.2, 0.25) is 0 Å². The van der Waals surface area contributed by atoms with Crippen molar-refractivity contribution in [2.24, 2.45) is 0 Å². The van der Waals surface area contributed by atoms with E-state index in [4.69, 9.17) is 0 Å². The summed E-state index contributed by atoms with van der Waals surface area (Å²) >= 11 is 0. The number of pyridine rings is 1. The third-order valence-electron chi connectivity index (χ3n) is 12.5. The molecule has 10 aromatic carbocycles. The maximum absolute atomic E-state index is 13.6. The Morgan fingerprint density at radius 3 is 1.32 bits per heavy atom. The Hall–Kier alpha value is -8.53. The molecule has 308 valence electrons. The molecule has 0 radical (unpaired) electrons. The van der Waals surface area contributed by atoms with Crippen molar-refractivity contribution in [2.75, 3.05) is 4.90 Å². The normalized spacial score (nSPS) is 11.7. The zero-order valence-electron chi connectivity index (χ0n) is 35.8. The maximum Gasteiger partial charge on any atom is 0.263 e. The van der Waals surface area contributed by atoms with Crippen LogP contribution in [-0.2, 0) is 6.54 Å². The summed E-state index contributed by atoms with van der Waals surface area (Å²) in [5.74, 6) is 0. The number of benzene rings is 10. The monoisotopic (exact) mass is 832 g/mol. The van der Waals surface area contributed by atoms with Crippen LogP contribution in [-0.4, -0.2) is 4.57 Å². The second kappa shape index (κ2) is 17.3. The Morgan fingerprint density at radius 1 is 0.308 bits per heavy atom. The lowest BCUT2D eigenvalue weighted by Gasteiger charge is -2.33. The summed E-state index contributed by atoms with van der Waals surface area (Å²) in [6, 6.07) is 88.8. The Morgan fingerprint density at radius 2 is 0.738 bits per heavy atom. The minimum atomic E-state index is -0.00183. The molecule has 0 fully saturated rings. The van der Waals surface area contributed by atoms with Crippen molar-refractivity contribution < 1.29 is 0 Å². The molecule has 0 unspecified atom stereocenters. The summed E-state index contributed by atoms with van der Waals surface area (Å²) < 4.78 is 1.83. The molecule has 1 aromatic heterocycles. The molecular weight excluding hydrogens is 789 g/mol. The smallest absolute Gasteiger partial charge is 0.263 e. The average Bonchev–Trinajstić information content (AvgIpc) is 3.40. The number of rotatable bonds is 6. The molecule has 0 N–H and O–H groups in total. The molecule has 11 aromatic rings. The van der Waals surface area contributed by atoms with E-state index in [9.17, 15) is 4.79 Å². The highest BCUT2D eigenvalue weighted by molar-refractivity contribution is 6.07. The first-order valence-electron chi connectivity index (χ1n) is 22.2. The molecule has 1 aliphatic rings. The van der Waals surface area contributed by atoms with Crippen LogP contribution in [0.5, 0.6) is 0 Å². The number of anilines is 2. The maximum atomic E-state index is 13.6. The van der Waals surface area contributed by atoms with Gasteiger partial charge < -0.3 is 4.90 Å². The molecule has 0 saturated heterocycles. The predicted octanol–water partition coefficient (Wildman–Crippen LogP) is 15.8. The van der Waals surface area contributed by atoms with Gasteiger partial charge in [0, 0.05) is 39.9 Å². The summed E-state index contributed by atoms with van der Waals surface area (Å²) in [7, 11) is 0. The van der Waals surface area contributed by atoms with Crippen LogP contribution in [0.25, 0.3) is 83.0 Å². The quantitative estimate of drug-likeness (QED) is 0.156. The second-order valence-corrected chi connectivity index (χ2v) is 16.5. The van der Waals surface area contributed by atoms with Gasteiger partial charge in [0.15, 0.2) is 0 Å². The molecule has 0 amide bonds. The number of nitrogens with zero attached hydrogens (tertiary/aromatic N) is 2. The minimum Gasteiger partial charge on any atom is -0.336 e. The summed E-state index contributed by atoms with van der Waals surface area (Å²) in [4.78, 5) is 16.0. The summed E-state index contributed by atoms with van der Waals surface area (Å²) in [6.45, 7) is 0.874. The molecule has 0 spiro atoms. The van der Waals surface area contributed by atoms with Crippen molar-refractivity contribution in [2.45, 2.75) is 6.54 Å². The van der Waals surface area contributed by atoms with Crippen LogP contribution in [0, 0.1) is 0 Å². The lowest BCUT2D eigenvalue weighted by molar-refractivity contribution is 0.961. The zero-order chi connectivity index (χ0) is 43.5. The zero-order valence-corrected chi connectivity index (χ0v) is 35.8. The van der Waals surface area contributed by atoms with Crippen molar-refractivity contribution in [1.82, 2.24) is 4.57 Å². The molecule has 3 nitrogen and oxygen atoms in total. The Bertz CT molecular complexity index is 3490. The molecule has 1 aliphatic heterocycles. The molecule has 2 heterocycles. The number of hydrogen-bond donors (Lipinski definition) is 0.